The maximum atomic E-state index is 13.1. The molecule has 2 rings (SSSR count). The first-order chi connectivity index (χ1) is 10.1. The van der Waals surface area contributed by atoms with Crippen molar-refractivity contribution in [1.82, 2.24) is 0 Å². The Balaban J connectivity index is 1.86. The van der Waals surface area contributed by atoms with Crippen LogP contribution in [0.2, 0.25) is 0 Å². The molecule has 1 unspecified atom stereocenters. The molecule has 0 heterocycles. The van der Waals surface area contributed by atoms with Crippen molar-refractivity contribution in [1.29, 1.82) is 0 Å². The highest BCUT2D eigenvalue weighted by Crippen LogP contribution is 2.15. The zero-order chi connectivity index (χ0) is 15.2. The van der Waals surface area contributed by atoms with Gasteiger partial charge in [0.15, 0.2) is 11.6 Å². The van der Waals surface area contributed by atoms with Crippen LogP contribution in [0, 0.1) is 11.6 Å². The molecule has 0 aromatic heterocycles. The minimum Gasteiger partial charge on any atom is -0.497 e. The molecule has 0 aliphatic rings. The van der Waals surface area contributed by atoms with Gasteiger partial charge in [-0.1, -0.05) is 18.2 Å². The van der Waals surface area contributed by atoms with E-state index in [9.17, 15) is 13.9 Å². The van der Waals surface area contributed by atoms with Gasteiger partial charge in [-0.3, -0.25) is 0 Å². The highest BCUT2D eigenvalue weighted by Gasteiger charge is 2.09. The third-order valence-electron chi connectivity index (χ3n) is 3.38. The quantitative estimate of drug-likeness (QED) is 0.883. The van der Waals surface area contributed by atoms with Crippen LogP contribution < -0.4 is 4.74 Å². The van der Waals surface area contributed by atoms with Gasteiger partial charge in [-0.05, 0) is 54.7 Å². The molecule has 1 N–H and O–H groups in total. The van der Waals surface area contributed by atoms with E-state index in [1.54, 1.807) is 7.11 Å². The number of ether oxygens (including phenoxy) is 1. The molecule has 2 aromatic carbocycles. The van der Waals surface area contributed by atoms with E-state index >= 15 is 0 Å². The van der Waals surface area contributed by atoms with Crippen LogP contribution in [0.25, 0.3) is 0 Å². The maximum Gasteiger partial charge on any atom is 0.159 e. The summed E-state index contributed by atoms with van der Waals surface area (Å²) >= 11 is 0. The number of methoxy groups -OCH3 is 1. The largest absolute Gasteiger partial charge is 0.497 e. The Hall–Kier alpha value is -1.94. The zero-order valence-electron chi connectivity index (χ0n) is 11.9. The van der Waals surface area contributed by atoms with E-state index in [0.29, 0.717) is 18.4 Å². The predicted molar refractivity (Wildman–Crippen MR) is 77.4 cm³/mol. The number of aliphatic hydroxyl groups is 1. The monoisotopic (exact) mass is 292 g/mol. The van der Waals surface area contributed by atoms with Crippen LogP contribution in [0.1, 0.15) is 17.5 Å². The molecule has 0 saturated carbocycles. The summed E-state index contributed by atoms with van der Waals surface area (Å²) in [6.07, 6.45) is 1.00. The van der Waals surface area contributed by atoms with Gasteiger partial charge in [0, 0.05) is 0 Å². The fourth-order valence-electron chi connectivity index (χ4n) is 2.17. The van der Waals surface area contributed by atoms with E-state index in [1.165, 1.54) is 6.07 Å². The van der Waals surface area contributed by atoms with Crippen molar-refractivity contribution in [3.63, 3.8) is 0 Å². The zero-order valence-corrected chi connectivity index (χ0v) is 11.9. The summed E-state index contributed by atoms with van der Waals surface area (Å²) in [6.45, 7) is 0. The van der Waals surface area contributed by atoms with Crippen LogP contribution in [0.5, 0.6) is 5.75 Å². The van der Waals surface area contributed by atoms with Crippen LogP contribution in [-0.4, -0.2) is 18.3 Å². The standard InChI is InChI=1S/C17H18F2O2/c1-21-15-7-3-12(4-8-15)2-6-14(20)10-13-5-9-16(18)17(19)11-13/h3-5,7-9,11,14,20H,2,6,10H2,1H3. The maximum absolute atomic E-state index is 13.1. The molecule has 112 valence electrons. The molecule has 0 radical (unpaired) electrons. The summed E-state index contributed by atoms with van der Waals surface area (Å²) < 4.78 is 31.0. The average molecular weight is 292 g/mol. The molecule has 0 amide bonds. The van der Waals surface area contributed by atoms with Gasteiger partial charge >= 0.3 is 0 Å². The van der Waals surface area contributed by atoms with Crippen molar-refractivity contribution in [2.75, 3.05) is 7.11 Å². The number of aryl methyl sites for hydroxylation is 1. The molecular weight excluding hydrogens is 274 g/mol. The van der Waals surface area contributed by atoms with Crippen LogP contribution >= 0.6 is 0 Å². The molecule has 4 heteroatoms. The first-order valence-electron chi connectivity index (χ1n) is 6.83. The number of halogens is 2. The Bertz CT molecular complexity index is 582. The summed E-state index contributed by atoms with van der Waals surface area (Å²) in [5.74, 6) is -0.956. The highest BCUT2D eigenvalue weighted by molar-refractivity contribution is 5.27. The van der Waals surface area contributed by atoms with E-state index in [1.807, 2.05) is 24.3 Å². The van der Waals surface area contributed by atoms with Gasteiger partial charge in [0.1, 0.15) is 5.75 Å². The van der Waals surface area contributed by atoms with E-state index in [-0.39, 0.29) is 0 Å². The van der Waals surface area contributed by atoms with Crippen molar-refractivity contribution in [2.24, 2.45) is 0 Å². The summed E-state index contributed by atoms with van der Waals surface area (Å²) in [6, 6.07) is 11.3. The first-order valence-corrected chi connectivity index (χ1v) is 6.83. The number of hydrogen-bond donors (Lipinski definition) is 1. The van der Waals surface area contributed by atoms with Gasteiger partial charge in [-0.15, -0.1) is 0 Å². The van der Waals surface area contributed by atoms with Gasteiger partial charge < -0.3 is 9.84 Å². The van der Waals surface area contributed by atoms with Gasteiger partial charge in [-0.25, -0.2) is 8.78 Å². The second-order valence-electron chi connectivity index (χ2n) is 4.99. The Morgan fingerprint density at radius 2 is 1.67 bits per heavy atom. The Kier molecular flexibility index (Phi) is 5.28. The average Bonchev–Trinajstić information content (AvgIpc) is 2.49. The molecule has 2 nitrogen and oxygen atoms in total. The summed E-state index contributed by atoms with van der Waals surface area (Å²) in [4.78, 5) is 0. The summed E-state index contributed by atoms with van der Waals surface area (Å²) in [5, 5.41) is 9.98. The Morgan fingerprint density at radius 1 is 1.00 bits per heavy atom. The number of rotatable bonds is 6. The summed E-state index contributed by atoms with van der Waals surface area (Å²) in [5.41, 5.74) is 1.69. The SMILES string of the molecule is COc1ccc(CCC(O)Cc2ccc(F)c(F)c2)cc1. The molecule has 0 aliphatic heterocycles. The summed E-state index contributed by atoms with van der Waals surface area (Å²) in [7, 11) is 1.61. The molecule has 0 bridgehead atoms. The van der Waals surface area contributed by atoms with E-state index in [4.69, 9.17) is 4.74 Å². The smallest absolute Gasteiger partial charge is 0.159 e. The van der Waals surface area contributed by atoms with Crippen LogP contribution in [0.15, 0.2) is 42.5 Å². The third kappa shape index (κ3) is 4.53. The minimum absolute atomic E-state index is 0.313. The minimum atomic E-state index is -0.880. The van der Waals surface area contributed by atoms with E-state index in [0.717, 1.165) is 29.9 Å². The molecule has 0 aliphatic carbocycles. The van der Waals surface area contributed by atoms with Crippen LogP contribution in [0.3, 0.4) is 0 Å². The predicted octanol–water partition coefficient (Wildman–Crippen LogP) is 3.51. The Morgan fingerprint density at radius 3 is 2.29 bits per heavy atom. The van der Waals surface area contributed by atoms with Crippen LogP contribution in [-0.2, 0) is 12.8 Å². The van der Waals surface area contributed by atoms with Crippen molar-refractivity contribution >= 4 is 0 Å². The lowest BCUT2D eigenvalue weighted by Gasteiger charge is -2.11. The molecule has 0 saturated heterocycles. The molecule has 21 heavy (non-hydrogen) atoms. The number of benzene rings is 2. The van der Waals surface area contributed by atoms with E-state index < -0.39 is 17.7 Å². The molecule has 2 aromatic rings. The molecule has 1 atom stereocenters. The topological polar surface area (TPSA) is 29.5 Å². The highest BCUT2D eigenvalue weighted by atomic mass is 19.2. The fraction of sp³-hybridized carbons (Fsp3) is 0.294. The third-order valence-corrected chi connectivity index (χ3v) is 3.38. The van der Waals surface area contributed by atoms with E-state index in [2.05, 4.69) is 0 Å². The first kappa shape index (κ1) is 15.4. The number of hydrogen-bond acceptors (Lipinski definition) is 2. The molecular formula is C17H18F2O2. The second-order valence-corrected chi connectivity index (χ2v) is 4.99. The number of aliphatic hydroxyl groups excluding tert-OH is 1. The van der Waals surface area contributed by atoms with Crippen molar-refractivity contribution < 1.29 is 18.6 Å². The second kappa shape index (κ2) is 7.18. The van der Waals surface area contributed by atoms with Crippen molar-refractivity contribution in [2.45, 2.75) is 25.4 Å². The Labute approximate surface area is 123 Å². The van der Waals surface area contributed by atoms with Gasteiger partial charge in [0.2, 0.25) is 0 Å². The fourth-order valence-corrected chi connectivity index (χ4v) is 2.17. The van der Waals surface area contributed by atoms with Gasteiger partial charge in [-0.2, -0.15) is 0 Å². The van der Waals surface area contributed by atoms with Crippen molar-refractivity contribution in [3.8, 4) is 5.75 Å². The van der Waals surface area contributed by atoms with Gasteiger partial charge in [0.05, 0.1) is 13.2 Å². The van der Waals surface area contributed by atoms with Gasteiger partial charge in [0.25, 0.3) is 0 Å². The normalized spacial score (nSPS) is 12.2. The lowest BCUT2D eigenvalue weighted by Crippen LogP contribution is -2.12. The lowest BCUT2D eigenvalue weighted by molar-refractivity contribution is 0.165. The van der Waals surface area contributed by atoms with Crippen molar-refractivity contribution in [3.05, 3.63) is 65.2 Å². The van der Waals surface area contributed by atoms with Crippen LogP contribution in [0.4, 0.5) is 8.78 Å². The molecule has 0 fully saturated rings. The lowest BCUT2D eigenvalue weighted by atomic mass is 10.0. The molecule has 0 spiro atoms.